The van der Waals surface area contributed by atoms with Gasteiger partial charge in [0.25, 0.3) is 0 Å². The van der Waals surface area contributed by atoms with Crippen LogP contribution in [0.15, 0.2) is 36.4 Å². The van der Waals surface area contributed by atoms with E-state index in [2.05, 4.69) is 15.0 Å². The standard InChI is InChI=1S/C14H17N3O2S2/c1-10(9-21(2)19)15-14(18)16-13-8-12(17-20-13)11-6-4-3-5-7-11/h3-8,10H,9H2,1-2H3,(H2,15,16,18)/t10-,21-/m0/s1. The minimum atomic E-state index is -0.932. The van der Waals surface area contributed by atoms with Gasteiger partial charge in [-0.2, -0.15) is 4.37 Å². The van der Waals surface area contributed by atoms with Crippen LogP contribution in [0.2, 0.25) is 0 Å². The van der Waals surface area contributed by atoms with Crippen molar-refractivity contribution < 1.29 is 9.00 Å². The highest BCUT2D eigenvalue weighted by atomic mass is 32.2. The molecule has 7 heteroatoms. The summed E-state index contributed by atoms with van der Waals surface area (Å²) in [6.45, 7) is 1.82. The van der Waals surface area contributed by atoms with Crippen LogP contribution < -0.4 is 10.6 Å². The largest absolute Gasteiger partial charge is 0.334 e. The van der Waals surface area contributed by atoms with Crippen molar-refractivity contribution in [1.82, 2.24) is 9.69 Å². The van der Waals surface area contributed by atoms with Crippen molar-refractivity contribution in [2.75, 3.05) is 17.3 Å². The average Bonchev–Trinajstić information content (AvgIpc) is 2.86. The Hall–Kier alpha value is -1.73. The molecule has 2 N–H and O–H groups in total. The molecule has 21 heavy (non-hydrogen) atoms. The SMILES string of the molecule is C[C@@H](C[S@](C)=O)NC(=O)Nc1cc(-c2ccccc2)ns1. The van der Waals surface area contributed by atoms with Gasteiger partial charge in [-0.25, -0.2) is 4.79 Å². The Bertz CT molecular complexity index is 628. The fourth-order valence-corrected chi connectivity index (χ4v) is 3.29. The first-order valence-electron chi connectivity index (χ1n) is 6.44. The van der Waals surface area contributed by atoms with E-state index in [1.165, 1.54) is 11.5 Å². The first-order valence-corrected chi connectivity index (χ1v) is 8.94. The molecule has 2 rings (SSSR count). The molecule has 0 fully saturated rings. The summed E-state index contributed by atoms with van der Waals surface area (Å²) in [6, 6.07) is 11.2. The minimum absolute atomic E-state index is 0.141. The smallest absolute Gasteiger partial charge is 0.320 e. The lowest BCUT2D eigenvalue weighted by molar-refractivity contribution is 0.250. The highest BCUT2D eigenvalue weighted by Crippen LogP contribution is 2.24. The highest BCUT2D eigenvalue weighted by molar-refractivity contribution is 7.84. The molecule has 0 aliphatic heterocycles. The van der Waals surface area contributed by atoms with E-state index in [9.17, 15) is 9.00 Å². The normalized spacial score (nSPS) is 13.4. The molecule has 1 aromatic carbocycles. The summed E-state index contributed by atoms with van der Waals surface area (Å²) < 4.78 is 15.4. The van der Waals surface area contributed by atoms with Crippen LogP contribution in [0.5, 0.6) is 0 Å². The maximum atomic E-state index is 11.8. The molecule has 2 amide bonds. The quantitative estimate of drug-likeness (QED) is 0.889. The zero-order valence-corrected chi connectivity index (χ0v) is 13.5. The number of aromatic nitrogens is 1. The molecule has 0 unspecified atom stereocenters. The summed E-state index contributed by atoms with van der Waals surface area (Å²) >= 11 is 1.23. The number of hydrogen-bond donors (Lipinski definition) is 2. The van der Waals surface area contributed by atoms with E-state index >= 15 is 0 Å². The van der Waals surface area contributed by atoms with Gasteiger partial charge in [0.15, 0.2) is 0 Å². The van der Waals surface area contributed by atoms with Gasteiger partial charge in [0.05, 0.1) is 5.69 Å². The number of rotatable bonds is 5. The molecule has 1 aromatic heterocycles. The first-order chi connectivity index (χ1) is 10.0. The minimum Gasteiger partial charge on any atom is -0.334 e. The second-order valence-corrected chi connectivity index (χ2v) is 6.97. The van der Waals surface area contributed by atoms with Crippen LogP contribution in [0.1, 0.15) is 6.92 Å². The van der Waals surface area contributed by atoms with Crippen molar-refractivity contribution in [2.45, 2.75) is 13.0 Å². The number of nitrogens with zero attached hydrogens (tertiary/aromatic N) is 1. The fourth-order valence-electron chi connectivity index (χ4n) is 1.84. The highest BCUT2D eigenvalue weighted by Gasteiger charge is 2.11. The molecule has 0 radical (unpaired) electrons. The van der Waals surface area contributed by atoms with E-state index in [4.69, 9.17) is 0 Å². The van der Waals surface area contributed by atoms with E-state index < -0.39 is 10.8 Å². The van der Waals surface area contributed by atoms with E-state index in [-0.39, 0.29) is 12.1 Å². The number of benzene rings is 1. The lowest BCUT2D eigenvalue weighted by Crippen LogP contribution is -2.38. The maximum Gasteiger partial charge on any atom is 0.320 e. The molecule has 1 heterocycles. The lowest BCUT2D eigenvalue weighted by atomic mass is 10.2. The molecular weight excluding hydrogens is 306 g/mol. The molecule has 0 aliphatic rings. The van der Waals surface area contributed by atoms with Crippen molar-refractivity contribution in [2.24, 2.45) is 0 Å². The Morgan fingerprint density at radius 3 is 2.76 bits per heavy atom. The number of carbonyl (C=O) groups is 1. The third kappa shape index (κ3) is 4.95. The molecule has 0 bridgehead atoms. The summed E-state index contributed by atoms with van der Waals surface area (Å²) in [7, 11) is -0.932. The molecule has 0 saturated heterocycles. The third-order valence-electron chi connectivity index (χ3n) is 2.68. The van der Waals surface area contributed by atoms with Gasteiger partial charge < -0.3 is 5.32 Å². The maximum absolute atomic E-state index is 11.8. The van der Waals surface area contributed by atoms with Crippen LogP contribution >= 0.6 is 11.5 Å². The van der Waals surface area contributed by atoms with Gasteiger partial charge in [0.1, 0.15) is 5.00 Å². The number of anilines is 1. The van der Waals surface area contributed by atoms with Crippen LogP contribution in [-0.2, 0) is 10.8 Å². The van der Waals surface area contributed by atoms with Crippen LogP contribution in [-0.4, -0.2) is 32.7 Å². The van der Waals surface area contributed by atoms with Crippen LogP contribution in [0.25, 0.3) is 11.3 Å². The second-order valence-electron chi connectivity index (χ2n) is 4.68. The number of urea groups is 1. The van der Waals surface area contributed by atoms with Gasteiger partial charge in [-0.3, -0.25) is 9.53 Å². The van der Waals surface area contributed by atoms with Crippen LogP contribution in [0.4, 0.5) is 9.80 Å². The van der Waals surface area contributed by atoms with E-state index in [0.29, 0.717) is 10.8 Å². The van der Waals surface area contributed by atoms with E-state index in [0.717, 1.165) is 11.3 Å². The molecule has 112 valence electrons. The van der Waals surface area contributed by atoms with Gasteiger partial charge in [-0.15, -0.1) is 0 Å². The van der Waals surface area contributed by atoms with Gasteiger partial charge in [-0.1, -0.05) is 30.3 Å². The van der Waals surface area contributed by atoms with E-state index in [1.807, 2.05) is 43.3 Å². The lowest BCUT2D eigenvalue weighted by Gasteiger charge is -2.12. The fraction of sp³-hybridized carbons (Fsp3) is 0.286. The van der Waals surface area contributed by atoms with Gasteiger partial charge in [0.2, 0.25) is 0 Å². The average molecular weight is 323 g/mol. The van der Waals surface area contributed by atoms with Gasteiger partial charge >= 0.3 is 6.03 Å². The number of carbonyl (C=O) groups excluding carboxylic acids is 1. The monoisotopic (exact) mass is 323 g/mol. The Kier molecular flexibility index (Phi) is 5.46. The molecule has 2 atom stereocenters. The summed E-state index contributed by atoms with van der Waals surface area (Å²) in [5.74, 6) is 0.436. The predicted molar refractivity (Wildman–Crippen MR) is 88.1 cm³/mol. The second kappa shape index (κ2) is 7.33. The molecule has 5 nitrogen and oxygen atoms in total. The van der Waals surface area contributed by atoms with Crippen LogP contribution in [0.3, 0.4) is 0 Å². The number of amides is 2. The van der Waals surface area contributed by atoms with Crippen molar-refractivity contribution in [3.05, 3.63) is 36.4 Å². The number of hydrogen-bond acceptors (Lipinski definition) is 4. The Balaban J connectivity index is 1.93. The third-order valence-corrected chi connectivity index (χ3v) is 4.35. The van der Waals surface area contributed by atoms with E-state index in [1.54, 1.807) is 6.26 Å². The first kappa shape index (κ1) is 15.7. The zero-order valence-electron chi connectivity index (χ0n) is 11.8. The summed E-state index contributed by atoms with van der Waals surface area (Å²) in [4.78, 5) is 11.8. The summed E-state index contributed by atoms with van der Waals surface area (Å²) in [5, 5.41) is 6.16. The Morgan fingerprint density at radius 2 is 2.10 bits per heavy atom. The van der Waals surface area contributed by atoms with Gasteiger partial charge in [0, 0.05) is 40.5 Å². The van der Waals surface area contributed by atoms with Crippen molar-refractivity contribution >= 4 is 33.4 Å². The predicted octanol–water partition coefficient (Wildman–Crippen LogP) is 2.70. The van der Waals surface area contributed by atoms with Crippen molar-refractivity contribution in [3.63, 3.8) is 0 Å². The Labute approximate surface area is 130 Å². The Morgan fingerprint density at radius 1 is 1.38 bits per heavy atom. The summed E-state index contributed by atoms with van der Waals surface area (Å²) in [5.41, 5.74) is 1.84. The zero-order chi connectivity index (χ0) is 15.2. The topological polar surface area (TPSA) is 71.1 Å². The molecule has 0 spiro atoms. The molecule has 0 aliphatic carbocycles. The van der Waals surface area contributed by atoms with Crippen LogP contribution in [0, 0.1) is 0 Å². The molecule has 2 aromatic rings. The summed E-state index contributed by atoms with van der Waals surface area (Å²) in [6.07, 6.45) is 1.62. The molecule has 0 saturated carbocycles. The number of nitrogens with one attached hydrogen (secondary N) is 2. The van der Waals surface area contributed by atoms with Crippen molar-refractivity contribution in [3.8, 4) is 11.3 Å². The molecular formula is C14H17N3O2S2. The van der Waals surface area contributed by atoms with Crippen molar-refractivity contribution in [1.29, 1.82) is 0 Å². The van der Waals surface area contributed by atoms with Gasteiger partial charge in [-0.05, 0) is 18.5 Å².